The highest BCUT2D eigenvalue weighted by Gasteiger charge is 2.33. The molecular formula is C16H21FN2O5S. The molecule has 2 rings (SSSR count). The summed E-state index contributed by atoms with van der Waals surface area (Å²) in [6, 6.07) is 4.67. The molecule has 1 saturated heterocycles. The number of carbonyl (C=O) groups is 2. The van der Waals surface area contributed by atoms with Crippen LogP contribution < -0.4 is 0 Å². The van der Waals surface area contributed by atoms with Gasteiger partial charge < -0.3 is 10.0 Å². The third-order valence-electron chi connectivity index (χ3n) is 4.26. The zero-order valence-corrected chi connectivity index (χ0v) is 14.7. The van der Waals surface area contributed by atoms with Crippen molar-refractivity contribution in [3.05, 3.63) is 35.6 Å². The Labute approximate surface area is 146 Å². The van der Waals surface area contributed by atoms with Crippen molar-refractivity contribution in [1.29, 1.82) is 0 Å². The number of halogens is 1. The van der Waals surface area contributed by atoms with Crippen LogP contribution in [0.5, 0.6) is 0 Å². The monoisotopic (exact) mass is 372 g/mol. The predicted molar refractivity (Wildman–Crippen MR) is 89.1 cm³/mol. The zero-order valence-electron chi connectivity index (χ0n) is 13.9. The number of aliphatic carboxylic acids is 1. The Morgan fingerprint density at radius 3 is 2.48 bits per heavy atom. The largest absolute Gasteiger partial charge is 0.480 e. The first-order valence-electron chi connectivity index (χ1n) is 8.00. The van der Waals surface area contributed by atoms with Gasteiger partial charge in [0.2, 0.25) is 10.0 Å². The van der Waals surface area contributed by atoms with E-state index in [4.69, 9.17) is 5.11 Å². The number of rotatable bonds is 6. The minimum absolute atomic E-state index is 0.00126. The van der Waals surface area contributed by atoms with Gasteiger partial charge in [0.25, 0.3) is 5.91 Å². The molecule has 0 aromatic heterocycles. The van der Waals surface area contributed by atoms with Gasteiger partial charge in [-0.05, 0) is 38.0 Å². The molecule has 0 unspecified atom stereocenters. The minimum atomic E-state index is -3.31. The van der Waals surface area contributed by atoms with Crippen molar-refractivity contribution in [2.75, 3.05) is 25.4 Å². The Kier molecular flexibility index (Phi) is 6.12. The lowest BCUT2D eigenvalue weighted by atomic mass is 10.0. The number of carboxylic acid groups (broad SMARTS) is 1. The standard InChI is InChI=1S/C16H21FN2O5S/c1-2-25(23,24)18-8-6-14(7-9-18)19(11-15(20)21)16(22)12-4-3-5-13(17)10-12/h3-5,10,14H,2,6-9,11H2,1H3,(H,20,21). The van der Waals surface area contributed by atoms with E-state index < -0.39 is 40.3 Å². The molecule has 1 amide bonds. The third-order valence-corrected chi connectivity index (χ3v) is 6.14. The molecular weight excluding hydrogens is 351 g/mol. The normalized spacial score (nSPS) is 16.6. The molecule has 0 aliphatic carbocycles. The highest BCUT2D eigenvalue weighted by Crippen LogP contribution is 2.21. The number of carbonyl (C=O) groups excluding carboxylic acids is 1. The van der Waals surface area contributed by atoms with Crippen molar-refractivity contribution in [3.8, 4) is 0 Å². The molecule has 0 atom stereocenters. The van der Waals surface area contributed by atoms with Crippen molar-refractivity contribution in [1.82, 2.24) is 9.21 Å². The number of benzene rings is 1. The first-order valence-corrected chi connectivity index (χ1v) is 9.61. The maximum Gasteiger partial charge on any atom is 0.323 e. The van der Waals surface area contributed by atoms with Gasteiger partial charge in [0.05, 0.1) is 5.75 Å². The highest BCUT2D eigenvalue weighted by atomic mass is 32.2. The van der Waals surface area contributed by atoms with E-state index in [1.54, 1.807) is 6.92 Å². The molecule has 9 heteroatoms. The molecule has 1 aromatic rings. The van der Waals surface area contributed by atoms with Gasteiger partial charge in [-0.1, -0.05) is 6.07 Å². The molecule has 1 aliphatic rings. The van der Waals surface area contributed by atoms with Gasteiger partial charge in [-0.2, -0.15) is 0 Å². The van der Waals surface area contributed by atoms with Gasteiger partial charge in [0.15, 0.2) is 0 Å². The molecule has 0 saturated carbocycles. The Bertz CT molecular complexity index is 745. The maximum atomic E-state index is 13.4. The van der Waals surface area contributed by atoms with Crippen molar-refractivity contribution in [2.45, 2.75) is 25.8 Å². The number of sulfonamides is 1. The van der Waals surface area contributed by atoms with E-state index in [2.05, 4.69) is 0 Å². The van der Waals surface area contributed by atoms with Crippen LogP contribution in [-0.2, 0) is 14.8 Å². The summed E-state index contributed by atoms with van der Waals surface area (Å²) in [4.78, 5) is 25.0. The van der Waals surface area contributed by atoms with Crippen molar-refractivity contribution in [3.63, 3.8) is 0 Å². The van der Waals surface area contributed by atoms with Crippen LogP contribution in [0.25, 0.3) is 0 Å². The summed E-state index contributed by atoms with van der Waals surface area (Å²) in [7, 11) is -3.31. The van der Waals surface area contributed by atoms with Gasteiger partial charge in [0, 0.05) is 24.7 Å². The Morgan fingerprint density at radius 1 is 1.32 bits per heavy atom. The van der Waals surface area contributed by atoms with Gasteiger partial charge in [-0.15, -0.1) is 0 Å². The second-order valence-electron chi connectivity index (χ2n) is 5.87. The quantitative estimate of drug-likeness (QED) is 0.809. The van der Waals surface area contributed by atoms with Gasteiger partial charge in [-0.3, -0.25) is 9.59 Å². The number of nitrogens with zero attached hydrogens (tertiary/aromatic N) is 2. The van der Waals surface area contributed by atoms with E-state index in [0.29, 0.717) is 12.8 Å². The van der Waals surface area contributed by atoms with Crippen LogP contribution in [-0.4, -0.2) is 66.0 Å². The van der Waals surface area contributed by atoms with E-state index in [-0.39, 0.29) is 24.4 Å². The number of hydrogen-bond donors (Lipinski definition) is 1. The first-order chi connectivity index (χ1) is 11.7. The summed E-state index contributed by atoms with van der Waals surface area (Å²) in [5.74, 6) is -2.32. The fourth-order valence-corrected chi connectivity index (χ4v) is 4.05. The number of hydrogen-bond acceptors (Lipinski definition) is 4. The maximum absolute atomic E-state index is 13.4. The summed E-state index contributed by atoms with van der Waals surface area (Å²) in [6.45, 7) is 1.51. The fourth-order valence-electron chi connectivity index (χ4n) is 2.91. The van der Waals surface area contributed by atoms with Crippen LogP contribution in [0.4, 0.5) is 4.39 Å². The van der Waals surface area contributed by atoms with Gasteiger partial charge >= 0.3 is 5.97 Å². The summed E-state index contributed by atoms with van der Waals surface area (Å²) in [5.41, 5.74) is 0.0739. The number of piperidine rings is 1. The topological polar surface area (TPSA) is 95.0 Å². The predicted octanol–water partition coefficient (Wildman–Crippen LogP) is 1.17. The fraction of sp³-hybridized carbons (Fsp3) is 0.500. The van der Waals surface area contributed by atoms with Crippen LogP contribution >= 0.6 is 0 Å². The third kappa shape index (κ3) is 4.76. The molecule has 1 aliphatic heterocycles. The Morgan fingerprint density at radius 2 is 1.96 bits per heavy atom. The lowest BCUT2D eigenvalue weighted by Gasteiger charge is -2.37. The molecule has 1 aromatic carbocycles. The molecule has 1 fully saturated rings. The molecule has 7 nitrogen and oxygen atoms in total. The van der Waals surface area contributed by atoms with E-state index in [1.807, 2.05) is 0 Å². The lowest BCUT2D eigenvalue weighted by Crippen LogP contribution is -2.50. The van der Waals surface area contributed by atoms with Crippen LogP contribution in [0.1, 0.15) is 30.1 Å². The Balaban J connectivity index is 2.16. The molecule has 138 valence electrons. The van der Waals surface area contributed by atoms with E-state index in [9.17, 15) is 22.4 Å². The summed E-state index contributed by atoms with van der Waals surface area (Å²) >= 11 is 0. The second kappa shape index (κ2) is 7.92. The van der Waals surface area contributed by atoms with Crippen LogP contribution in [0.3, 0.4) is 0 Å². The first kappa shape index (κ1) is 19.3. The van der Waals surface area contributed by atoms with E-state index in [1.165, 1.54) is 27.4 Å². The van der Waals surface area contributed by atoms with E-state index in [0.717, 1.165) is 6.07 Å². The van der Waals surface area contributed by atoms with Crippen molar-refractivity contribution < 1.29 is 27.5 Å². The lowest BCUT2D eigenvalue weighted by molar-refractivity contribution is -0.138. The van der Waals surface area contributed by atoms with Gasteiger partial charge in [0.1, 0.15) is 12.4 Å². The van der Waals surface area contributed by atoms with Crippen LogP contribution in [0.2, 0.25) is 0 Å². The van der Waals surface area contributed by atoms with Crippen LogP contribution in [0.15, 0.2) is 24.3 Å². The van der Waals surface area contributed by atoms with Crippen molar-refractivity contribution >= 4 is 21.9 Å². The second-order valence-corrected chi connectivity index (χ2v) is 8.13. The van der Waals surface area contributed by atoms with Gasteiger partial charge in [-0.25, -0.2) is 17.1 Å². The highest BCUT2D eigenvalue weighted by molar-refractivity contribution is 7.89. The minimum Gasteiger partial charge on any atom is -0.480 e. The molecule has 25 heavy (non-hydrogen) atoms. The molecule has 0 radical (unpaired) electrons. The smallest absolute Gasteiger partial charge is 0.323 e. The molecule has 0 bridgehead atoms. The molecule has 1 N–H and O–H groups in total. The SMILES string of the molecule is CCS(=O)(=O)N1CCC(N(CC(=O)O)C(=O)c2cccc(F)c2)CC1. The summed E-state index contributed by atoms with van der Waals surface area (Å²) in [6.07, 6.45) is 0.682. The molecule has 1 heterocycles. The summed E-state index contributed by atoms with van der Waals surface area (Å²) in [5, 5.41) is 9.11. The molecule has 0 spiro atoms. The summed E-state index contributed by atoms with van der Waals surface area (Å²) < 4.78 is 38.5. The Hall–Kier alpha value is -2.00. The van der Waals surface area contributed by atoms with E-state index >= 15 is 0 Å². The zero-order chi connectivity index (χ0) is 18.6. The average Bonchev–Trinajstić information content (AvgIpc) is 2.59. The van der Waals surface area contributed by atoms with Crippen LogP contribution in [0, 0.1) is 5.82 Å². The number of carboxylic acids is 1. The van der Waals surface area contributed by atoms with Crippen molar-refractivity contribution in [2.24, 2.45) is 0 Å². The average molecular weight is 372 g/mol. The number of amides is 1.